The number of nitrogens with one attached hydrogen (secondary N) is 1. The van der Waals surface area contributed by atoms with E-state index in [1.807, 2.05) is 0 Å². The molecule has 0 bridgehead atoms. The smallest absolute Gasteiger partial charge is 0.336 e. The molecule has 0 aliphatic rings. The minimum Gasteiger partial charge on any atom is -0.478 e. The van der Waals surface area contributed by atoms with Crippen LogP contribution in [0.25, 0.3) is 0 Å². The molecule has 0 saturated heterocycles. The first-order valence-corrected chi connectivity index (χ1v) is 9.19. The molecular formula is C17H16N2O4S2. The SMILES string of the molecule is NC(=O)CSc1ccccc1NC(=O)CSc1ccccc1C(=O)O. The first-order valence-electron chi connectivity index (χ1n) is 7.22. The van der Waals surface area contributed by atoms with E-state index in [1.54, 1.807) is 42.5 Å². The van der Waals surface area contributed by atoms with Crippen molar-refractivity contribution in [3.05, 3.63) is 54.1 Å². The molecule has 0 atom stereocenters. The molecule has 0 heterocycles. The molecule has 0 aromatic heterocycles. The lowest BCUT2D eigenvalue weighted by molar-refractivity contribution is -0.115. The van der Waals surface area contributed by atoms with Crippen LogP contribution in [0.1, 0.15) is 10.4 Å². The highest BCUT2D eigenvalue weighted by molar-refractivity contribution is 8.00. The summed E-state index contributed by atoms with van der Waals surface area (Å²) in [4.78, 5) is 35.5. The van der Waals surface area contributed by atoms with Gasteiger partial charge in [-0.15, -0.1) is 23.5 Å². The quantitative estimate of drug-likeness (QED) is 0.611. The highest BCUT2D eigenvalue weighted by atomic mass is 32.2. The molecule has 0 fully saturated rings. The number of aromatic carboxylic acids is 1. The van der Waals surface area contributed by atoms with Gasteiger partial charge in [0.2, 0.25) is 11.8 Å². The normalized spacial score (nSPS) is 10.2. The summed E-state index contributed by atoms with van der Waals surface area (Å²) in [7, 11) is 0. The van der Waals surface area contributed by atoms with Crippen molar-refractivity contribution >= 4 is 47.0 Å². The van der Waals surface area contributed by atoms with E-state index < -0.39 is 11.9 Å². The maximum atomic E-state index is 12.2. The molecule has 4 N–H and O–H groups in total. The second-order valence-electron chi connectivity index (χ2n) is 4.89. The summed E-state index contributed by atoms with van der Waals surface area (Å²) in [6, 6.07) is 13.6. The minimum absolute atomic E-state index is 0.0686. The summed E-state index contributed by atoms with van der Waals surface area (Å²) in [6.45, 7) is 0. The van der Waals surface area contributed by atoms with E-state index in [0.29, 0.717) is 10.6 Å². The zero-order valence-electron chi connectivity index (χ0n) is 13.1. The fraction of sp³-hybridized carbons (Fsp3) is 0.118. The van der Waals surface area contributed by atoms with E-state index in [-0.39, 0.29) is 23.0 Å². The van der Waals surface area contributed by atoms with Gasteiger partial charge in [-0.3, -0.25) is 9.59 Å². The molecule has 2 aromatic rings. The summed E-state index contributed by atoms with van der Waals surface area (Å²) in [5.74, 6) is -1.55. The summed E-state index contributed by atoms with van der Waals surface area (Å²) in [5, 5.41) is 11.9. The number of carbonyl (C=O) groups excluding carboxylic acids is 2. The Morgan fingerprint density at radius 3 is 2.20 bits per heavy atom. The summed E-state index contributed by atoms with van der Waals surface area (Å²) in [5.41, 5.74) is 5.90. The first kappa shape index (κ1) is 18.9. The molecule has 2 aromatic carbocycles. The van der Waals surface area contributed by atoms with Crippen molar-refractivity contribution in [2.75, 3.05) is 16.8 Å². The number of carboxylic acids is 1. The van der Waals surface area contributed by atoms with Crippen LogP contribution in [0.15, 0.2) is 58.3 Å². The molecule has 0 saturated carbocycles. The van der Waals surface area contributed by atoms with Gasteiger partial charge in [0.15, 0.2) is 0 Å². The Bertz CT molecular complexity index is 796. The Hall–Kier alpha value is -2.45. The van der Waals surface area contributed by atoms with Crippen LogP contribution >= 0.6 is 23.5 Å². The molecule has 0 aliphatic heterocycles. The van der Waals surface area contributed by atoms with Gasteiger partial charge in [-0.25, -0.2) is 4.79 Å². The third-order valence-electron chi connectivity index (χ3n) is 3.01. The first-order chi connectivity index (χ1) is 12.0. The molecular weight excluding hydrogens is 360 g/mol. The van der Waals surface area contributed by atoms with Crippen molar-refractivity contribution < 1.29 is 19.5 Å². The number of amides is 2. The number of carbonyl (C=O) groups is 3. The van der Waals surface area contributed by atoms with Crippen LogP contribution in [0, 0.1) is 0 Å². The minimum atomic E-state index is -1.03. The van der Waals surface area contributed by atoms with Gasteiger partial charge in [0.05, 0.1) is 22.8 Å². The lowest BCUT2D eigenvalue weighted by atomic mass is 10.2. The van der Waals surface area contributed by atoms with Gasteiger partial charge in [0.1, 0.15) is 0 Å². The van der Waals surface area contributed by atoms with Gasteiger partial charge in [-0.05, 0) is 24.3 Å². The Labute approximate surface area is 153 Å². The summed E-state index contributed by atoms with van der Waals surface area (Å²) < 4.78 is 0. The largest absolute Gasteiger partial charge is 0.478 e. The van der Waals surface area contributed by atoms with Crippen LogP contribution in [0.5, 0.6) is 0 Å². The van der Waals surface area contributed by atoms with E-state index in [0.717, 1.165) is 16.7 Å². The fourth-order valence-corrected chi connectivity index (χ4v) is 3.53. The van der Waals surface area contributed by atoms with Gasteiger partial charge < -0.3 is 16.2 Å². The van der Waals surface area contributed by atoms with Crippen LogP contribution in [0.3, 0.4) is 0 Å². The second kappa shape index (κ2) is 9.14. The Balaban J connectivity index is 1.99. The van der Waals surface area contributed by atoms with Crippen molar-refractivity contribution in [2.45, 2.75) is 9.79 Å². The van der Waals surface area contributed by atoms with E-state index in [1.165, 1.54) is 17.8 Å². The predicted molar refractivity (Wildman–Crippen MR) is 99.1 cm³/mol. The average Bonchev–Trinajstić information content (AvgIpc) is 2.59. The topological polar surface area (TPSA) is 109 Å². The standard InChI is InChI=1S/C17H16N2O4S2/c18-15(20)9-24-14-8-4-2-6-12(14)19-16(21)10-25-13-7-3-1-5-11(13)17(22)23/h1-8H,9-10H2,(H2,18,20)(H,19,21)(H,22,23). The number of hydrogen-bond donors (Lipinski definition) is 3. The lowest BCUT2D eigenvalue weighted by Gasteiger charge is -2.10. The van der Waals surface area contributed by atoms with E-state index in [9.17, 15) is 14.4 Å². The van der Waals surface area contributed by atoms with Crippen LogP contribution in [-0.2, 0) is 9.59 Å². The third-order valence-corrected chi connectivity index (χ3v) is 5.18. The van der Waals surface area contributed by atoms with Gasteiger partial charge in [-0.1, -0.05) is 24.3 Å². The molecule has 6 nitrogen and oxygen atoms in total. The van der Waals surface area contributed by atoms with Crippen molar-refractivity contribution in [2.24, 2.45) is 5.73 Å². The van der Waals surface area contributed by atoms with Crippen LogP contribution in [0.2, 0.25) is 0 Å². The van der Waals surface area contributed by atoms with E-state index in [4.69, 9.17) is 10.8 Å². The number of anilines is 1. The maximum absolute atomic E-state index is 12.2. The number of rotatable bonds is 8. The number of primary amides is 1. The van der Waals surface area contributed by atoms with Crippen LogP contribution in [0.4, 0.5) is 5.69 Å². The van der Waals surface area contributed by atoms with Crippen LogP contribution < -0.4 is 11.1 Å². The number of carboxylic acid groups (broad SMARTS) is 1. The van der Waals surface area contributed by atoms with Crippen LogP contribution in [-0.4, -0.2) is 34.4 Å². The number of hydrogen-bond acceptors (Lipinski definition) is 5. The predicted octanol–water partition coefficient (Wildman–Crippen LogP) is 2.69. The molecule has 130 valence electrons. The van der Waals surface area contributed by atoms with Gasteiger partial charge >= 0.3 is 5.97 Å². The molecule has 25 heavy (non-hydrogen) atoms. The molecule has 2 amide bonds. The molecule has 0 aliphatic carbocycles. The Kier molecular flexibility index (Phi) is 6.91. The molecule has 0 radical (unpaired) electrons. The zero-order valence-corrected chi connectivity index (χ0v) is 14.7. The van der Waals surface area contributed by atoms with E-state index >= 15 is 0 Å². The van der Waals surface area contributed by atoms with Crippen molar-refractivity contribution in [1.82, 2.24) is 0 Å². The Morgan fingerprint density at radius 2 is 1.52 bits per heavy atom. The van der Waals surface area contributed by atoms with Crippen molar-refractivity contribution in [3.63, 3.8) is 0 Å². The van der Waals surface area contributed by atoms with Gasteiger partial charge in [0, 0.05) is 9.79 Å². The highest BCUT2D eigenvalue weighted by Gasteiger charge is 2.12. The molecule has 0 unspecified atom stereocenters. The van der Waals surface area contributed by atoms with Crippen molar-refractivity contribution in [3.8, 4) is 0 Å². The molecule has 8 heteroatoms. The van der Waals surface area contributed by atoms with Crippen molar-refractivity contribution in [1.29, 1.82) is 0 Å². The fourth-order valence-electron chi connectivity index (χ4n) is 1.94. The average molecular weight is 376 g/mol. The zero-order chi connectivity index (χ0) is 18.2. The van der Waals surface area contributed by atoms with E-state index in [2.05, 4.69) is 5.32 Å². The number of benzene rings is 2. The molecule has 2 rings (SSSR count). The monoisotopic (exact) mass is 376 g/mol. The number of thioether (sulfide) groups is 2. The third kappa shape index (κ3) is 5.84. The maximum Gasteiger partial charge on any atom is 0.336 e. The lowest BCUT2D eigenvalue weighted by Crippen LogP contribution is -2.16. The number of nitrogens with two attached hydrogens (primary N) is 1. The summed E-state index contributed by atoms with van der Waals surface area (Å²) in [6.07, 6.45) is 0. The highest BCUT2D eigenvalue weighted by Crippen LogP contribution is 2.27. The Morgan fingerprint density at radius 1 is 0.920 bits per heavy atom. The molecule has 0 spiro atoms. The summed E-state index contributed by atoms with van der Waals surface area (Å²) >= 11 is 2.40. The number of para-hydroxylation sites is 1. The van der Waals surface area contributed by atoms with Gasteiger partial charge in [0.25, 0.3) is 0 Å². The van der Waals surface area contributed by atoms with Gasteiger partial charge in [-0.2, -0.15) is 0 Å². The second-order valence-corrected chi connectivity index (χ2v) is 6.92.